The predicted octanol–water partition coefficient (Wildman–Crippen LogP) is 2.12. The molecule has 0 bridgehead atoms. The summed E-state index contributed by atoms with van der Waals surface area (Å²) < 4.78 is 10.5. The summed E-state index contributed by atoms with van der Waals surface area (Å²) in [5.41, 5.74) is 6.59. The van der Waals surface area contributed by atoms with E-state index in [4.69, 9.17) is 15.2 Å². The van der Waals surface area contributed by atoms with E-state index >= 15 is 0 Å². The summed E-state index contributed by atoms with van der Waals surface area (Å²) in [4.78, 5) is 11.3. The average Bonchev–Trinajstić information content (AvgIpc) is 2.36. The molecule has 0 radical (unpaired) electrons. The molecule has 0 fully saturated rings. The number of aliphatic carboxylic acids is 1. The second kappa shape index (κ2) is 5.48. The fraction of sp³-hybridized carbons (Fsp3) is 0.500. The number of hydrogen-bond donors (Lipinski definition) is 2. The van der Waals surface area contributed by atoms with Crippen LogP contribution in [-0.2, 0) is 4.79 Å². The fourth-order valence-electron chi connectivity index (χ4n) is 1.91. The quantitative estimate of drug-likeness (QED) is 0.854. The minimum atomic E-state index is -1.09. The van der Waals surface area contributed by atoms with Crippen molar-refractivity contribution in [3.05, 3.63) is 23.3 Å². The number of methoxy groups -OCH3 is 2. The van der Waals surface area contributed by atoms with Crippen molar-refractivity contribution in [2.75, 3.05) is 14.2 Å². The number of hydrogen-bond acceptors (Lipinski definition) is 4. The number of rotatable bonds is 5. The van der Waals surface area contributed by atoms with Gasteiger partial charge >= 0.3 is 5.97 Å². The number of benzene rings is 1. The fourth-order valence-corrected chi connectivity index (χ4v) is 1.91. The topological polar surface area (TPSA) is 81.8 Å². The zero-order valence-corrected chi connectivity index (χ0v) is 12.0. The van der Waals surface area contributed by atoms with Gasteiger partial charge in [-0.15, -0.1) is 0 Å². The molecule has 1 unspecified atom stereocenters. The Labute approximate surface area is 113 Å². The molecule has 0 heterocycles. The summed E-state index contributed by atoms with van der Waals surface area (Å²) in [5.74, 6) is 0.245. The van der Waals surface area contributed by atoms with Gasteiger partial charge in [0.2, 0.25) is 0 Å². The third-order valence-corrected chi connectivity index (χ3v) is 3.42. The van der Waals surface area contributed by atoms with Crippen LogP contribution in [0.3, 0.4) is 0 Å². The molecule has 0 aliphatic rings. The molecule has 0 aliphatic heterocycles. The van der Waals surface area contributed by atoms with Gasteiger partial charge in [0.25, 0.3) is 0 Å². The Bertz CT molecular complexity index is 483. The SMILES string of the molecule is COc1cc(C)c(C(N)C(C)(C)C(=O)O)c(OC)c1. The lowest BCUT2D eigenvalue weighted by Gasteiger charge is -2.30. The Morgan fingerprint density at radius 2 is 1.89 bits per heavy atom. The minimum Gasteiger partial charge on any atom is -0.497 e. The van der Waals surface area contributed by atoms with Crippen LogP contribution < -0.4 is 15.2 Å². The van der Waals surface area contributed by atoms with Gasteiger partial charge in [0.15, 0.2) is 0 Å². The summed E-state index contributed by atoms with van der Waals surface area (Å²) >= 11 is 0. The van der Waals surface area contributed by atoms with E-state index in [0.717, 1.165) is 5.56 Å². The third kappa shape index (κ3) is 2.81. The van der Waals surface area contributed by atoms with Crippen LogP contribution >= 0.6 is 0 Å². The molecule has 3 N–H and O–H groups in total. The molecule has 0 saturated carbocycles. The van der Waals surface area contributed by atoms with E-state index in [-0.39, 0.29) is 0 Å². The molecule has 0 spiro atoms. The van der Waals surface area contributed by atoms with Crippen LogP contribution in [0.25, 0.3) is 0 Å². The van der Waals surface area contributed by atoms with E-state index in [9.17, 15) is 9.90 Å². The van der Waals surface area contributed by atoms with Crippen molar-refractivity contribution in [1.82, 2.24) is 0 Å². The van der Waals surface area contributed by atoms with Gasteiger partial charge in [-0.2, -0.15) is 0 Å². The lowest BCUT2D eigenvalue weighted by Crippen LogP contribution is -2.37. The van der Waals surface area contributed by atoms with Crippen molar-refractivity contribution in [3.8, 4) is 11.5 Å². The highest BCUT2D eigenvalue weighted by molar-refractivity contribution is 5.75. The Morgan fingerprint density at radius 3 is 2.32 bits per heavy atom. The molecule has 106 valence electrons. The maximum absolute atomic E-state index is 11.3. The van der Waals surface area contributed by atoms with Gasteiger partial charge in [-0.05, 0) is 32.4 Å². The number of ether oxygens (including phenoxy) is 2. The van der Waals surface area contributed by atoms with E-state index in [1.165, 1.54) is 7.11 Å². The van der Waals surface area contributed by atoms with Gasteiger partial charge < -0.3 is 20.3 Å². The molecule has 0 aliphatic carbocycles. The minimum absolute atomic E-state index is 0.540. The third-order valence-electron chi connectivity index (χ3n) is 3.42. The first-order chi connectivity index (χ1) is 8.75. The van der Waals surface area contributed by atoms with Crippen molar-refractivity contribution >= 4 is 5.97 Å². The van der Waals surface area contributed by atoms with Crippen LogP contribution in [0.1, 0.15) is 31.0 Å². The Hall–Kier alpha value is -1.75. The van der Waals surface area contributed by atoms with Gasteiger partial charge in [-0.3, -0.25) is 4.79 Å². The standard InChI is InChI=1S/C14H21NO4/c1-8-6-9(18-4)7-10(19-5)11(8)12(15)14(2,3)13(16)17/h6-7,12H,15H2,1-5H3,(H,16,17). The second-order valence-electron chi connectivity index (χ2n) is 5.06. The number of carbonyl (C=O) groups is 1. The molecule has 1 aromatic carbocycles. The summed E-state index contributed by atoms with van der Waals surface area (Å²) in [6.45, 7) is 5.06. The number of carboxylic acid groups (broad SMARTS) is 1. The molecule has 1 aromatic rings. The molecular formula is C14H21NO4. The van der Waals surface area contributed by atoms with E-state index in [1.807, 2.05) is 13.0 Å². The first kappa shape index (κ1) is 15.3. The maximum Gasteiger partial charge on any atom is 0.311 e. The Balaban J connectivity index is 3.38. The molecule has 1 atom stereocenters. The Morgan fingerprint density at radius 1 is 1.32 bits per heavy atom. The highest BCUT2D eigenvalue weighted by Crippen LogP contribution is 2.40. The van der Waals surface area contributed by atoms with Crippen LogP contribution in [0.2, 0.25) is 0 Å². The molecule has 5 nitrogen and oxygen atoms in total. The highest BCUT2D eigenvalue weighted by Gasteiger charge is 2.37. The molecule has 0 amide bonds. The number of nitrogens with two attached hydrogens (primary N) is 1. The van der Waals surface area contributed by atoms with Crippen LogP contribution in [0.4, 0.5) is 0 Å². The van der Waals surface area contributed by atoms with Crippen LogP contribution in [0.15, 0.2) is 12.1 Å². The van der Waals surface area contributed by atoms with Crippen molar-refractivity contribution in [2.45, 2.75) is 26.8 Å². The van der Waals surface area contributed by atoms with Gasteiger partial charge in [0.1, 0.15) is 11.5 Å². The summed E-state index contributed by atoms with van der Waals surface area (Å²) in [6, 6.07) is 2.85. The number of aryl methyl sites for hydroxylation is 1. The average molecular weight is 267 g/mol. The van der Waals surface area contributed by atoms with Gasteiger partial charge in [0.05, 0.1) is 19.6 Å². The molecular weight excluding hydrogens is 246 g/mol. The van der Waals surface area contributed by atoms with Crippen molar-refractivity contribution < 1.29 is 19.4 Å². The van der Waals surface area contributed by atoms with E-state index in [2.05, 4.69) is 0 Å². The van der Waals surface area contributed by atoms with E-state index in [1.54, 1.807) is 27.0 Å². The molecule has 0 saturated heterocycles. The van der Waals surface area contributed by atoms with E-state index in [0.29, 0.717) is 17.1 Å². The first-order valence-electron chi connectivity index (χ1n) is 5.97. The monoisotopic (exact) mass is 267 g/mol. The largest absolute Gasteiger partial charge is 0.497 e. The first-order valence-corrected chi connectivity index (χ1v) is 5.97. The highest BCUT2D eigenvalue weighted by atomic mass is 16.5. The smallest absolute Gasteiger partial charge is 0.311 e. The van der Waals surface area contributed by atoms with E-state index < -0.39 is 17.4 Å². The maximum atomic E-state index is 11.3. The predicted molar refractivity (Wildman–Crippen MR) is 72.6 cm³/mol. The lowest BCUT2D eigenvalue weighted by molar-refractivity contribution is -0.148. The zero-order valence-electron chi connectivity index (χ0n) is 12.0. The van der Waals surface area contributed by atoms with Crippen molar-refractivity contribution in [3.63, 3.8) is 0 Å². The van der Waals surface area contributed by atoms with Crippen LogP contribution in [-0.4, -0.2) is 25.3 Å². The number of carboxylic acids is 1. The van der Waals surface area contributed by atoms with Crippen molar-refractivity contribution in [2.24, 2.45) is 11.1 Å². The second-order valence-corrected chi connectivity index (χ2v) is 5.06. The molecule has 5 heteroatoms. The Kier molecular flexibility index (Phi) is 4.42. The van der Waals surface area contributed by atoms with Gasteiger partial charge in [-0.25, -0.2) is 0 Å². The lowest BCUT2D eigenvalue weighted by atomic mass is 9.79. The molecule has 0 aromatic heterocycles. The van der Waals surface area contributed by atoms with Gasteiger partial charge in [-0.1, -0.05) is 0 Å². The summed E-state index contributed by atoms with van der Waals surface area (Å²) in [6.07, 6.45) is 0. The summed E-state index contributed by atoms with van der Waals surface area (Å²) in [7, 11) is 3.09. The van der Waals surface area contributed by atoms with Crippen LogP contribution in [0.5, 0.6) is 11.5 Å². The summed E-state index contributed by atoms with van der Waals surface area (Å²) in [5, 5.41) is 9.28. The normalized spacial score (nSPS) is 12.9. The molecule has 19 heavy (non-hydrogen) atoms. The van der Waals surface area contributed by atoms with Crippen LogP contribution in [0, 0.1) is 12.3 Å². The van der Waals surface area contributed by atoms with Gasteiger partial charge in [0, 0.05) is 17.7 Å². The van der Waals surface area contributed by atoms with Crippen molar-refractivity contribution in [1.29, 1.82) is 0 Å². The zero-order chi connectivity index (χ0) is 14.8. The molecule has 1 rings (SSSR count).